The van der Waals surface area contributed by atoms with Crippen molar-refractivity contribution in [1.29, 1.82) is 5.41 Å². The number of nitrogen functional groups attached to an aromatic ring is 1. The van der Waals surface area contributed by atoms with Crippen LogP contribution < -0.4 is 10.5 Å². The molecule has 0 aliphatic rings. The van der Waals surface area contributed by atoms with Crippen LogP contribution in [0, 0.1) is 5.41 Å². The first-order valence-electron chi connectivity index (χ1n) is 7.64. The van der Waals surface area contributed by atoms with Crippen LogP contribution in [-0.2, 0) is 6.61 Å². The molecule has 6 nitrogen and oxygen atoms in total. The molecule has 0 saturated carbocycles. The number of nitrogens with two attached hydrogens (primary N) is 1. The number of hydrogen-bond donors (Lipinski definition) is 2. The van der Waals surface area contributed by atoms with Crippen LogP contribution in [0.4, 0.5) is 0 Å². The van der Waals surface area contributed by atoms with Crippen LogP contribution in [0.1, 0.15) is 10.4 Å². The van der Waals surface area contributed by atoms with Gasteiger partial charge in [-0.05, 0) is 47.3 Å². The van der Waals surface area contributed by atoms with Crippen molar-refractivity contribution >= 4 is 27.3 Å². The van der Waals surface area contributed by atoms with Gasteiger partial charge in [-0.15, -0.1) is 11.3 Å². The molecule has 2 aromatic carbocycles. The summed E-state index contributed by atoms with van der Waals surface area (Å²) in [5.41, 5.74) is 7.58. The monoisotopic (exact) mass is 349 g/mol. The van der Waals surface area contributed by atoms with Gasteiger partial charge in [-0.1, -0.05) is 12.1 Å². The summed E-state index contributed by atoms with van der Waals surface area (Å²) in [6.45, 7) is 0.480. The summed E-state index contributed by atoms with van der Waals surface area (Å²) < 4.78 is 8.66. The van der Waals surface area contributed by atoms with Gasteiger partial charge in [-0.3, -0.25) is 5.41 Å². The highest BCUT2D eigenvalue weighted by Crippen LogP contribution is 2.29. The highest BCUT2D eigenvalue weighted by molar-refractivity contribution is 7.20. The number of hydrogen-bond acceptors (Lipinski definition) is 5. The van der Waals surface area contributed by atoms with E-state index < -0.39 is 0 Å². The molecule has 0 aliphatic heterocycles. The number of benzene rings is 2. The highest BCUT2D eigenvalue weighted by atomic mass is 32.1. The second-order valence-corrected chi connectivity index (χ2v) is 6.60. The Morgan fingerprint density at radius 3 is 2.72 bits per heavy atom. The molecule has 0 unspecified atom stereocenters. The van der Waals surface area contributed by atoms with Crippen LogP contribution in [0.25, 0.3) is 15.8 Å². The van der Waals surface area contributed by atoms with Crippen molar-refractivity contribution < 1.29 is 4.74 Å². The van der Waals surface area contributed by atoms with E-state index in [4.69, 9.17) is 15.9 Å². The van der Waals surface area contributed by atoms with Gasteiger partial charge < -0.3 is 10.5 Å². The fraction of sp³-hybridized carbons (Fsp3) is 0.0556. The number of rotatable bonds is 5. The molecule has 0 atom stereocenters. The second kappa shape index (κ2) is 6.37. The number of fused-ring (bicyclic) bond motifs is 1. The molecule has 7 heteroatoms. The van der Waals surface area contributed by atoms with Gasteiger partial charge in [0.25, 0.3) is 0 Å². The molecular weight excluding hydrogens is 334 g/mol. The van der Waals surface area contributed by atoms with Crippen molar-refractivity contribution in [1.82, 2.24) is 14.8 Å². The highest BCUT2D eigenvalue weighted by Gasteiger charge is 2.06. The van der Waals surface area contributed by atoms with Gasteiger partial charge >= 0.3 is 0 Å². The van der Waals surface area contributed by atoms with Crippen molar-refractivity contribution in [2.75, 3.05) is 0 Å². The first kappa shape index (κ1) is 15.3. The Morgan fingerprint density at radius 1 is 1.16 bits per heavy atom. The molecule has 0 spiro atoms. The zero-order chi connectivity index (χ0) is 17.2. The molecule has 0 fully saturated rings. The number of nitrogens with one attached hydrogen (secondary N) is 1. The lowest BCUT2D eigenvalue weighted by molar-refractivity contribution is 0.306. The largest absolute Gasteiger partial charge is 0.489 e. The van der Waals surface area contributed by atoms with Crippen LogP contribution in [0.2, 0.25) is 0 Å². The minimum atomic E-state index is 0.0936. The summed E-state index contributed by atoms with van der Waals surface area (Å²) >= 11 is 1.50. The second-order valence-electron chi connectivity index (χ2n) is 5.52. The summed E-state index contributed by atoms with van der Waals surface area (Å²) in [5, 5.41) is 12.7. The molecule has 25 heavy (non-hydrogen) atoms. The lowest BCUT2D eigenvalue weighted by Crippen LogP contribution is -2.08. The lowest BCUT2D eigenvalue weighted by Gasteiger charge is -2.07. The predicted molar refractivity (Wildman–Crippen MR) is 98.5 cm³/mol. The summed E-state index contributed by atoms with van der Waals surface area (Å²) in [6, 6.07) is 15.8. The van der Waals surface area contributed by atoms with E-state index in [-0.39, 0.29) is 5.84 Å². The van der Waals surface area contributed by atoms with Crippen molar-refractivity contribution in [2.24, 2.45) is 5.73 Å². The van der Waals surface area contributed by atoms with Gasteiger partial charge in [0.15, 0.2) is 0 Å². The van der Waals surface area contributed by atoms with Crippen LogP contribution >= 0.6 is 11.3 Å². The van der Waals surface area contributed by atoms with E-state index in [9.17, 15) is 0 Å². The molecule has 2 aromatic heterocycles. The van der Waals surface area contributed by atoms with Gasteiger partial charge in [0.2, 0.25) is 0 Å². The van der Waals surface area contributed by atoms with Gasteiger partial charge in [0.05, 0.1) is 10.6 Å². The Bertz CT molecular complexity index is 1020. The number of ether oxygens (including phenoxy) is 1. The minimum Gasteiger partial charge on any atom is -0.489 e. The topological polar surface area (TPSA) is 89.8 Å². The van der Waals surface area contributed by atoms with E-state index in [1.54, 1.807) is 11.0 Å². The fourth-order valence-electron chi connectivity index (χ4n) is 2.49. The van der Waals surface area contributed by atoms with E-state index >= 15 is 0 Å². The van der Waals surface area contributed by atoms with E-state index in [0.717, 1.165) is 32.0 Å². The summed E-state index contributed by atoms with van der Waals surface area (Å²) in [5.74, 6) is 0.890. The van der Waals surface area contributed by atoms with E-state index in [0.29, 0.717) is 6.61 Å². The number of aromatic nitrogens is 3. The van der Waals surface area contributed by atoms with E-state index in [1.807, 2.05) is 48.5 Å². The van der Waals surface area contributed by atoms with Crippen molar-refractivity contribution in [3.8, 4) is 11.4 Å². The molecule has 4 aromatic rings. The standard InChI is InChI=1S/C18H15N5OS/c19-18(20)17-7-13-3-6-15(8-16(13)25-17)24-9-12-1-4-14(5-2-12)23-11-21-10-22-23/h1-8,10-11H,9H2,(H3,19,20). The summed E-state index contributed by atoms with van der Waals surface area (Å²) in [6.07, 6.45) is 3.17. The van der Waals surface area contributed by atoms with Crippen molar-refractivity contribution in [3.63, 3.8) is 0 Å². The quantitative estimate of drug-likeness (QED) is 0.427. The van der Waals surface area contributed by atoms with E-state index in [2.05, 4.69) is 10.1 Å². The lowest BCUT2D eigenvalue weighted by atomic mass is 10.2. The molecular formula is C18H15N5OS. The average Bonchev–Trinajstić information content (AvgIpc) is 3.29. The normalized spacial score (nSPS) is 10.9. The van der Waals surface area contributed by atoms with Crippen LogP contribution in [0.15, 0.2) is 61.2 Å². The first-order valence-corrected chi connectivity index (χ1v) is 8.45. The molecule has 3 N–H and O–H groups in total. The SMILES string of the molecule is N=C(N)c1cc2ccc(OCc3ccc(-n4cncn4)cc3)cc2s1. The van der Waals surface area contributed by atoms with Crippen LogP contribution in [0.5, 0.6) is 5.75 Å². The molecule has 0 radical (unpaired) electrons. The van der Waals surface area contributed by atoms with Crippen LogP contribution in [-0.4, -0.2) is 20.6 Å². The maximum absolute atomic E-state index is 7.53. The summed E-state index contributed by atoms with van der Waals surface area (Å²) in [4.78, 5) is 4.72. The fourth-order valence-corrected chi connectivity index (χ4v) is 3.44. The maximum Gasteiger partial charge on any atom is 0.138 e. The van der Waals surface area contributed by atoms with Gasteiger partial charge in [0, 0.05) is 4.70 Å². The molecule has 2 heterocycles. The molecule has 0 aliphatic carbocycles. The van der Waals surface area contributed by atoms with Gasteiger partial charge in [-0.2, -0.15) is 5.10 Å². The third-order valence-corrected chi connectivity index (χ3v) is 4.91. The zero-order valence-electron chi connectivity index (χ0n) is 13.2. The molecule has 0 amide bonds. The Labute approximate surface area is 148 Å². The number of amidine groups is 1. The third-order valence-electron chi connectivity index (χ3n) is 3.78. The van der Waals surface area contributed by atoms with Crippen molar-refractivity contribution in [3.05, 3.63) is 71.6 Å². The van der Waals surface area contributed by atoms with Crippen LogP contribution in [0.3, 0.4) is 0 Å². The zero-order valence-corrected chi connectivity index (χ0v) is 14.0. The Morgan fingerprint density at radius 2 is 2.00 bits per heavy atom. The predicted octanol–water partition coefficient (Wildman–Crippen LogP) is 3.35. The Kier molecular flexibility index (Phi) is 3.91. The maximum atomic E-state index is 7.53. The Hall–Kier alpha value is -3.19. The van der Waals surface area contributed by atoms with Gasteiger partial charge in [0.1, 0.15) is 30.8 Å². The molecule has 4 rings (SSSR count). The molecule has 0 saturated heterocycles. The molecule has 0 bridgehead atoms. The summed E-state index contributed by atoms with van der Waals surface area (Å²) in [7, 11) is 0. The minimum absolute atomic E-state index is 0.0936. The molecule has 124 valence electrons. The number of thiophene rings is 1. The number of nitrogens with zero attached hydrogens (tertiary/aromatic N) is 3. The first-order chi connectivity index (χ1) is 12.2. The average molecular weight is 349 g/mol. The Balaban J connectivity index is 1.47. The van der Waals surface area contributed by atoms with E-state index in [1.165, 1.54) is 17.7 Å². The smallest absolute Gasteiger partial charge is 0.138 e. The van der Waals surface area contributed by atoms with Gasteiger partial charge in [-0.25, -0.2) is 9.67 Å². The van der Waals surface area contributed by atoms with Crippen molar-refractivity contribution in [2.45, 2.75) is 6.61 Å². The third kappa shape index (κ3) is 3.22.